The molecule has 114 valence electrons. The Morgan fingerprint density at radius 3 is 2.67 bits per heavy atom. The van der Waals surface area contributed by atoms with Crippen molar-refractivity contribution in [1.82, 2.24) is 5.32 Å². The van der Waals surface area contributed by atoms with Crippen molar-refractivity contribution >= 4 is 11.9 Å². The lowest BCUT2D eigenvalue weighted by atomic mass is 9.85. The van der Waals surface area contributed by atoms with E-state index in [1.807, 2.05) is 30.3 Å². The normalized spacial score (nSPS) is 23.3. The maximum Gasteiger partial charge on any atom is 0.306 e. The summed E-state index contributed by atoms with van der Waals surface area (Å²) in [7, 11) is 0. The molecule has 1 aliphatic rings. The Kier molecular flexibility index (Phi) is 5.33. The summed E-state index contributed by atoms with van der Waals surface area (Å²) in [5.41, 5.74) is 6.95. The van der Waals surface area contributed by atoms with Gasteiger partial charge in [-0.1, -0.05) is 36.8 Å². The summed E-state index contributed by atoms with van der Waals surface area (Å²) in [4.78, 5) is 23.1. The lowest BCUT2D eigenvalue weighted by Crippen LogP contribution is -2.48. The molecule has 0 bridgehead atoms. The maximum absolute atomic E-state index is 12.1. The summed E-state index contributed by atoms with van der Waals surface area (Å²) < 4.78 is 0. The Balaban J connectivity index is 1.84. The van der Waals surface area contributed by atoms with Gasteiger partial charge in [-0.2, -0.15) is 0 Å². The molecule has 0 radical (unpaired) electrons. The number of hydrogen-bond donors (Lipinski definition) is 3. The van der Waals surface area contributed by atoms with Crippen LogP contribution in [-0.2, 0) is 16.0 Å². The van der Waals surface area contributed by atoms with E-state index in [9.17, 15) is 9.59 Å². The van der Waals surface area contributed by atoms with E-state index in [-0.39, 0.29) is 17.9 Å². The van der Waals surface area contributed by atoms with Crippen molar-refractivity contribution in [2.45, 2.75) is 44.2 Å². The first kappa shape index (κ1) is 15.5. The lowest BCUT2D eigenvalue weighted by Gasteiger charge is -2.28. The summed E-state index contributed by atoms with van der Waals surface area (Å²) >= 11 is 0. The zero-order valence-corrected chi connectivity index (χ0v) is 12.0. The molecule has 4 N–H and O–H groups in total. The largest absolute Gasteiger partial charge is 0.481 e. The van der Waals surface area contributed by atoms with E-state index >= 15 is 0 Å². The van der Waals surface area contributed by atoms with Gasteiger partial charge in [-0.05, 0) is 31.2 Å². The van der Waals surface area contributed by atoms with Crippen LogP contribution in [0.1, 0.15) is 31.2 Å². The number of aliphatic carboxylic acids is 1. The van der Waals surface area contributed by atoms with Crippen LogP contribution in [0.2, 0.25) is 0 Å². The highest BCUT2D eigenvalue weighted by Crippen LogP contribution is 2.24. The number of carboxylic acids is 1. The van der Waals surface area contributed by atoms with Crippen LogP contribution in [0, 0.1) is 5.92 Å². The Labute approximate surface area is 124 Å². The molecule has 0 spiro atoms. The third-order valence-corrected chi connectivity index (χ3v) is 4.01. The third-order valence-electron chi connectivity index (χ3n) is 4.01. The molecule has 21 heavy (non-hydrogen) atoms. The summed E-state index contributed by atoms with van der Waals surface area (Å²) in [5, 5.41) is 12.0. The van der Waals surface area contributed by atoms with Crippen molar-refractivity contribution in [1.29, 1.82) is 0 Å². The average Bonchev–Trinajstić information content (AvgIpc) is 2.48. The van der Waals surface area contributed by atoms with Gasteiger partial charge < -0.3 is 16.2 Å². The fraction of sp³-hybridized carbons (Fsp3) is 0.500. The van der Waals surface area contributed by atoms with Crippen LogP contribution in [0.25, 0.3) is 0 Å². The molecule has 0 saturated heterocycles. The molecule has 0 aliphatic heterocycles. The molecule has 1 fully saturated rings. The predicted molar refractivity (Wildman–Crippen MR) is 79.6 cm³/mol. The Bertz CT molecular complexity index is 490. The minimum Gasteiger partial charge on any atom is -0.481 e. The van der Waals surface area contributed by atoms with Gasteiger partial charge in [0.2, 0.25) is 5.91 Å². The van der Waals surface area contributed by atoms with Crippen molar-refractivity contribution in [3.8, 4) is 0 Å². The van der Waals surface area contributed by atoms with E-state index in [0.717, 1.165) is 18.4 Å². The van der Waals surface area contributed by atoms with Gasteiger partial charge in [0.05, 0.1) is 12.0 Å². The number of benzene rings is 1. The van der Waals surface area contributed by atoms with Gasteiger partial charge in [-0.3, -0.25) is 9.59 Å². The number of amides is 1. The Hall–Kier alpha value is -1.88. The van der Waals surface area contributed by atoms with Crippen molar-refractivity contribution in [2.24, 2.45) is 11.7 Å². The first-order chi connectivity index (χ1) is 10.1. The van der Waals surface area contributed by atoms with Gasteiger partial charge in [0.15, 0.2) is 0 Å². The van der Waals surface area contributed by atoms with Crippen LogP contribution in [0.15, 0.2) is 30.3 Å². The molecule has 1 aromatic carbocycles. The zero-order chi connectivity index (χ0) is 15.2. The smallest absolute Gasteiger partial charge is 0.306 e. The van der Waals surface area contributed by atoms with Gasteiger partial charge in [0, 0.05) is 6.04 Å². The van der Waals surface area contributed by atoms with Gasteiger partial charge in [0.25, 0.3) is 0 Å². The number of carbonyl (C=O) groups excluding carboxylic acids is 1. The van der Waals surface area contributed by atoms with Crippen LogP contribution in [0.4, 0.5) is 0 Å². The van der Waals surface area contributed by atoms with Crippen molar-refractivity contribution in [3.63, 3.8) is 0 Å². The molecule has 1 aromatic rings. The summed E-state index contributed by atoms with van der Waals surface area (Å²) in [6.07, 6.45) is 3.34. The van der Waals surface area contributed by atoms with Crippen LogP contribution in [-0.4, -0.2) is 29.1 Å². The summed E-state index contributed by atoms with van der Waals surface area (Å²) in [6, 6.07) is 8.95. The summed E-state index contributed by atoms with van der Waals surface area (Å²) in [5.74, 6) is -1.33. The number of carbonyl (C=O) groups is 2. The highest BCUT2D eigenvalue weighted by molar-refractivity contribution is 5.82. The van der Waals surface area contributed by atoms with Crippen LogP contribution < -0.4 is 11.1 Å². The van der Waals surface area contributed by atoms with E-state index in [1.54, 1.807) is 0 Å². The van der Waals surface area contributed by atoms with Crippen molar-refractivity contribution in [3.05, 3.63) is 35.9 Å². The lowest BCUT2D eigenvalue weighted by molar-refractivity contribution is -0.143. The molecule has 2 rings (SSSR count). The van der Waals surface area contributed by atoms with Gasteiger partial charge in [0.1, 0.15) is 0 Å². The van der Waals surface area contributed by atoms with E-state index in [1.165, 1.54) is 0 Å². The molecule has 0 heterocycles. The molecule has 1 aliphatic carbocycles. The standard InChI is InChI=1S/C16H22N2O3/c17-14(9-11-5-2-1-3-6-11)15(19)18-13-8-4-7-12(10-13)16(20)21/h1-3,5-6,12-14H,4,7-10,17H2,(H,18,19)(H,20,21)/t12?,13?,14-/m1/s1. The first-order valence-electron chi connectivity index (χ1n) is 7.39. The zero-order valence-electron chi connectivity index (χ0n) is 12.0. The van der Waals surface area contributed by atoms with Crippen LogP contribution in [0.5, 0.6) is 0 Å². The predicted octanol–water partition coefficient (Wildman–Crippen LogP) is 1.32. The molecular formula is C16H22N2O3. The van der Waals surface area contributed by atoms with E-state index in [0.29, 0.717) is 19.3 Å². The van der Waals surface area contributed by atoms with Crippen molar-refractivity contribution < 1.29 is 14.7 Å². The number of rotatable bonds is 5. The molecule has 5 heteroatoms. The minimum atomic E-state index is -0.775. The van der Waals surface area contributed by atoms with E-state index < -0.39 is 12.0 Å². The quantitative estimate of drug-likeness (QED) is 0.762. The Morgan fingerprint density at radius 1 is 1.29 bits per heavy atom. The van der Waals surface area contributed by atoms with E-state index in [2.05, 4.69) is 5.32 Å². The monoisotopic (exact) mass is 290 g/mol. The third kappa shape index (κ3) is 4.56. The first-order valence-corrected chi connectivity index (χ1v) is 7.39. The topological polar surface area (TPSA) is 92.4 Å². The second-order valence-electron chi connectivity index (χ2n) is 5.70. The fourth-order valence-corrected chi connectivity index (χ4v) is 2.81. The second kappa shape index (κ2) is 7.22. The maximum atomic E-state index is 12.1. The van der Waals surface area contributed by atoms with Gasteiger partial charge in [-0.15, -0.1) is 0 Å². The number of hydrogen-bond acceptors (Lipinski definition) is 3. The van der Waals surface area contributed by atoms with Crippen molar-refractivity contribution in [2.75, 3.05) is 0 Å². The molecule has 1 amide bonds. The van der Waals surface area contributed by atoms with Gasteiger partial charge in [-0.25, -0.2) is 0 Å². The van der Waals surface area contributed by atoms with E-state index in [4.69, 9.17) is 10.8 Å². The van der Waals surface area contributed by atoms with Gasteiger partial charge >= 0.3 is 5.97 Å². The molecule has 5 nitrogen and oxygen atoms in total. The highest BCUT2D eigenvalue weighted by atomic mass is 16.4. The average molecular weight is 290 g/mol. The fourth-order valence-electron chi connectivity index (χ4n) is 2.81. The SMILES string of the molecule is N[C@H](Cc1ccccc1)C(=O)NC1CCCC(C(=O)O)C1. The molecule has 2 unspecified atom stereocenters. The molecule has 3 atom stereocenters. The Morgan fingerprint density at radius 2 is 2.00 bits per heavy atom. The number of nitrogens with one attached hydrogen (secondary N) is 1. The van der Waals surface area contributed by atoms with Crippen LogP contribution >= 0.6 is 0 Å². The minimum absolute atomic E-state index is 0.0748. The molecular weight excluding hydrogens is 268 g/mol. The number of nitrogens with two attached hydrogens (primary N) is 1. The molecule has 1 saturated carbocycles. The molecule has 0 aromatic heterocycles. The summed E-state index contributed by atoms with van der Waals surface area (Å²) in [6.45, 7) is 0. The highest BCUT2D eigenvalue weighted by Gasteiger charge is 2.28. The number of carboxylic acid groups (broad SMARTS) is 1. The van der Waals surface area contributed by atoms with Crippen LogP contribution in [0.3, 0.4) is 0 Å². The second-order valence-corrected chi connectivity index (χ2v) is 5.70.